The van der Waals surface area contributed by atoms with Gasteiger partial charge in [0, 0.05) is 19.6 Å². The summed E-state index contributed by atoms with van der Waals surface area (Å²) in [5.74, 6) is 3.41. The lowest BCUT2D eigenvalue weighted by atomic mass is 9.74. The van der Waals surface area contributed by atoms with Gasteiger partial charge < -0.3 is 17.2 Å². The van der Waals surface area contributed by atoms with Gasteiger partial charge in [-0.05, 0) is 160 Å². The third-order valence-corrected chi connectivity index (χ3v) is 15.5. The van der Waals surface area contributed by atoms with Gasteiger partial charge in [-0.3, -0.25) is 0 Å². The Morgan fingerprint density at radius 1 is 0.265 bits per heavy atom. The van der Waals surface area contributed by atoms with E-state index in [1.54, 1.807) is 0 Å². The quantitative estimate of drug-likeness (QED) is 0.0535. The second kappa shape index (κ2) is 25.7. The molecule has 0 saturated heterocycles. The molecule has 3 heteroatoms. The second-order valence-corrected chi connectivity index (χ2v) is 20.0. The predicted octanol–water partition coefficient (Wildman–Crippen LogP) is 16.1. The van der Waals surface area contributed by atoms with Crippen LogP contribution in [0.2, 0.25) is 0 Å². The molecule has 354 valence electrons. The molecule has 0 aromatic heterocycles. The lowest BCUT2D eigenvalue weighted by molar-refractivity contribution is 0.426. The van der Waals surface area contributed by atoms with Gasteiger partial charge in [-0.1, -0.05) is 216 Å². The van der Waals surface area contributed by atoms with Crippen LogP contribution >= 0.6 is 0 Å². The van der Waals surface area contributed by atoms with E-state index in [0.29, 0.717) is 67.0 Å². The van der Waals surface area contributed by atoms with Crippen LogP contribution in [0.15, 0.2) is 188 Å². The van der Waals surface area contributed by atoms with Gasteiger partial charge in [-0.25, -0.2) is 0 Å². The molecule has 0 spiro atoms. The topological polar surface area (TPSA) is 78.1 Å². The van der Waals surface area contributed by atoms with E-state index < -0.39 is 0 Å². The highest BCUT2D eigenvalue weighted by atomic mass is 14.5. The van der Waals surface area contributed by atoms with Crippen molar-refractivity contribution in [3.63, 3.8) is 0 Å². The molecule has 3 nitrogen and oxygen atoms in total. The minimum Gasteiger partial charge on any atom is -0.326 e. The second-order valence-electron chi connectivity index (χ2n) is 20.0. The number of benzene rings is 7. The zero-order chi connectivity index (χ0) is 47.7. The standard InChI is InChI=1S/C65H79N3/c1-5-52(40-64(56-18-12-8-13-19-56)42-62(60-30-24-50(45-67)25-31-60)38-47(3)54-16-10-7-11-17-54)58-34-36-59(37-35-58)53(6-2)41-65(57-20-14-9-15-21-57)43-63(61-32-26-51(46-68)27-33-61)39-48(4)55-28-22-49(44-66)23-29-55/h7-37,47-48,52-53,62-65H,5-6,38-46,66-68H2,1-4H3. The van der Waals surface area contributed by atoms with Crippen molar-refractivity contribution in [2.75, 3.05) is 0 Å². The van der Waals surface area contributed by atoms with Gasteiger partial charge in [0.1, 0.15) is 0 Å². The average molecular weight is 902 g/mol. The van der Waals surface area contributed by atoms with Gasteiger partial charge in [0.2, 0.25) is 0 Å². The van der Waals surface area contributed by atoms with Gasteiger partial charge in [-0.2, -0.15) is 0 Å². The van der Waals surface area contributed by atoms with Gasteiger partial charge in [0.15, 0.2) is 0 Å². The predicted molar refractivity (Wildman–Crippen MR) is 290 cm³/mol. The zero-order valence-corrected chi connectivity index (χ0v) is 41.5. The van der Waals surface area contributed by atoms with Gasteiger partial charge in [0.05, 0.1) is 0 Å². The molecule has 8 atom stereocenters. The fraction of sp³-hybridized carbons (Fsp3) is 0.354. The fourth-order valence-corrected chi connectivity index (χ4v) is 11.2. The maximum atomic E-state index is 6.08. The van der Waals surface area contributed by atoms with Crippen molar-refractivity contribution in [3.05, 3.63) is 249 Å². The Labute approximate surface area is 410 Å². The van der Waals surface area contributed by atoms with E-state index in [9.17, 15) is 0 Å². The Balaban J connectivity index is 1.12. The molecule has 7 aromatic carbocycles. The molecule has 0 fully saturated rings. The summed E-state index contributed by atoms with van der Waals surface area (Å²) in [5, 5.41) is 0. The molecule has 7 aromatic rings. The van der Waals surface area contributed by atoms with Crippen molar-refractivity contribution in [3.8, 4) is 0 Å². The lowest BCUT2D eigenvalue weighted by Gasteiger charge is -2.30. The molecular formula is C65H79N3. The largest absolute Gasteiger partial charge is 0.326 e. The van der Waals surface area contributed by atoms with Gasteiger partial charge in [-0.15, -0.1) is 0 Å². The summed E-state index contributed by atoms with van der Waals surface area (Å²) in [7, 11) is 0. The molecule has 6 N–H and O–H groups in total. The molecule has 7 rings (SSSR count). The van der Waals surface area contributed by atoms with Gasteiger partial charge in [0.25, 0.3) is 0 Å². The van der Waals surface area contributed by atoms with Crippen LogP contribution in [0.3, 0.4) is 0 Å². The zero-order valence-electron chi connectivity index (χ0n) is 41.5. The molecule has 0 aliphatic carbocycles. The van der Waals surface area contributed by atoms with Crippen LogP contribution in [0.25, 0.3) is 0 Å². The summed E-state index contributed by atoms with van der Waals surface area (Å²) < 4.78 is 0. The van der Waals surface area contributed by atoms with E-state index in [0.717, 1.165) is 51.4 Å². The molecule has 0 aliphatic heterocycles. The van der Waals surface area contributed by atoms with Crippen molar-refractivity contribution in [1.82, 2.24) is 0 Å². The lowest BCUT2D eigenvalue weighted by Crippen LogP contribution is -2.14. The Morgan fingerprint density at radius 3 is 0.794 bits per heavy atom. The van der Waals surface area contributed by atoms with Crippen LogP contribution in [0.5, 0.6) is 0 Å². The van der Waals surface area contributed by atoms with Crippen LogP contribution in [0.4, 0.5) is 0 Å². The van der Waals surface area contributed by atoms with E-state index >= 15 is 0 Å². The number of hydrogen-bond donors (Lipinski definition) is 3. The maximum Gasteiger partial charge on any atom is 0.0178 e. The molecule has 0 bridgehead atoms. The molecule has 0 amide bonds. The highest BCUT2D eigenvalue weighted by molar-refractivity contribution is 5.34. The summed E-state index contributed by atoms with van der Waals surface area (Å²) in [5.41, 5.74) is 33.1. The third kappa shape index (κ3) is 13.8. The molecule has 0 heterocycles. The van der Waals surface area contributed by atoms with Crippen LogP contribution in [0, 0.1) is 0 Å². The minimum absolute atomic E-state index is 0.394. The summed E-state index contributed by atoms with van der Waals surface area (Å²) >= 11 is 0. The first-order valence-corrected chi connectivity index (χ1v) is 25.9. The van der Waals surface area contributed by atoms with Crippen molar-refractivity contribution >= 4 is 0 Å². The monoisotopic (exact) mass is 902 g/mol. The Kier molecular flexibility index (Phi) is 19.0. The van der Waals surface area contributed by atoms with E-state index in [2.05, 4.69) is 216 Å². The summed E-state index contributed by atoms with van der Waals surface area (Å²) in [6.07, 6.45) is 8.81. The van der Waals surface area contributed by atoms with Gasteiger partial charge >= 0.3 is 0 Å². The minimum atomic E-state index is 0.394. The third-order valence-electron chi connectivity index (χ3n) is 15.5. The molecule has 0 saturated carbocycles. The number of nitrogens with two attached hydrogens (primary N) is 3. The average Bonchev–Trinajstić information content (AvgIpc) is 3.41. The summed E-state index contributed by atoms with van der Waals surface area (Å²) in [4.78, 5) is 0. The SMILES string of the molecule is CCC(CC(CC(CC(C)c1ccccc1)c1ccc(CN)cc1)c1ccccc1)c1ccc(C(CC)CC(CC(CC(C)c2ccc(CN)cc2)c2ccc(CN)cc2)c2ccccc2)cc1. The summed E-state index contributed by atoms with van der Waals surface area (Å²) in [6.45, 7) is 11.3. The number of rotatable bonds is 25. The molecular weight excluding hydrogens is 823 g/mol. The fourth-order valence-electron chi connectivity index (χ4n) is 11.2. The van der Waals surface area contributed by atoms with Crippen molar-refractivity contribution in [1.29, 1.82) is 0 Å². The first-order chi connectivity index (χ1) is 33.3. The van der Waals surface area contributed by atoms with Crippen LogP contribution in [-0.4, -0.2) is 0 Å². The van der Waals surface area contributed by atoms with Crippen molar-refractivity contribution in [2.24, 2.45) is 17.2 Å². The van der Waals surface area contributed by atoms with Crippen LogP contribution < -0.4 is 17.2 Å². The van der Waals surface area contributed by atoms with Crippen LogP contribution in [0.1, 0.15) is 188 Å². The van der Waals surface area contributed by atoms with Crippen LogP contribution in [-0.2, 0) is 19.6 Å². The molecule has 8 unspecified atom stereocenters. The smallest absolute Gasteiger partial charge is 0.0178 e. The molecule has 0 aliphatic rings. The molecule has 0 radical (unpaired) electrons. The maximum absolute atomic E-state index is 6.08. The highest BCUT2D eigenvalue weighted by Crippen LogP contribution is 2.45. The Hall–Kier alpha value is -5.58. The first-order valence-electron chi connectivity index (χ1n) is 25.9. The summed E-state index contributed by atoms with van der Waals surface area (Å²) in [6, 6.07) is 70.9. The first kappa shape index (κ1) is 50.3. The Morgan fingerprint density at radius 2 is 0.485 bits per heavy atom. The highest BCUT2D eigenvalue weighted by Gasteiger charge is 2.28. The van der Waals surface area contributed by atoms with Crippen molar-refractivity contribution in [2.45, 2.75) is 146 Å². The normalized spacial score (nSPS) is 15.2. The Bertz CT molecular complexity index is 2460. The van der Waals surface area contributed by atoms with E-state index in [4.69, 9.17) is 17.2 Å². The van der Waals surface area contributed by atoms with Crippen molar-refractivity contribution < 1.29 is 0 Å². The molecule has 68 heavy (non-hydrogen) atoms. The van der Waals surface area contributed by atoms with E-state index in [1.165, 1.54) is 61.2 Å². The number of hydrogen-bond acceptors (Lipinski definition) is 3. The van der Waals surface area contributed by atoms with E-state index in [-0.39, 0.29) is 0 Å². The van der Waals surface area contributed by atoms with E-state index in [1.807, 2.05) is 0 Å².